The number of rotatable bonds is 6. The van der Waals surface area contributed by atoms with Gasteiger partial charge in [-0.1, -0.05) is 25.2 Å². The molecule has 2 rings (SSSR count). The molecule has 0 spiro atoms. The first-order valence-electron chi connectivity index (χ1n) is 5.96. The largest absolute Gasteiger partial charge is 0.393 e. The smallest absolute Gasteiger partial charge is 0.245 e. The zero-order valence-electron chi connectivity index (χ0n) is 10.8. The fraction of sp³-hybridized carbons (Fsp3) is 0.364. The zero-order chi connectivity index (χ0) is 14.8. The lowest BCUT2D eigenvalue weighted by atomic mass is 10.3. The Bertz CT molecular complexity index is 726. The summed E-state index contributed by atoms with van der Waals surface area (Å²) in [4.78, 5) is 0.473. The number of nitrogens with zero attached hydrogens (tertiary/aromatic N) is 3. The van der Waals surface area contributed by atoms with Crippen LogP contribution in [0.25, 0.3) is 11.0 Å². The Hall–Kier alpha value is -1.16. The summed E-state index contributed by atoms with van der Waals surface area (Å²) in [5.74, 6) is 0. The predicted octanol–water partition coefficient (Wildman–Crippen LogP) is 1.38. The number of benzene rings is 1. The Morgan fingerprint density at radius 2 is 2.20 bits per heavy atom. The van der Waals surface area contributed by atoms with Gasteiger partial charge >= 0.3 is 0 Å². The van der Waals surface area contributed by atoms with Crippen molar-refractivity contribution in [3.05, 3.63) is 18.2 Å². The molecule has 0 unspecified atom stereocenters. The van der Waals surface area contributed by atoms with E-state index in [2.05, 4.69) is 8.75 Å². The van der Waals surface area contributed by atoms with Crippen molar-refractivity contribution in [2.45, 2.75) is 18.2 Å². The summed E-state index contributed by atoms with van der Waals surface area (Å²) in [6, 6.07) is 4.95. The Morgan fingerprint density at radius 3 is 2.85 bits per heavy atom. The molecule has 20 heavy (non-hydrogen) atoms. The summed E-state index contributed by atoms with van der Waals surface area (Å²) >= 11 is 5.80. The summed E-state index contributed by atoms with van der Waals surface area (Å²) < 4.78 is 34.8. The second kappa shape index (κ2) is 6.08. The van der Waals surface area contributed by atoms with Crippen LogP contribution in [-0.4, -0.2) is 39.5 Å². The van der Waals surface area contributed by atoms with E-state index in [4.69, 9.17) is 18.0 Å². The van der Waals surface area contributed by atoms with Crippen LogP contribution in [0, 0.1) is 0 Å². The van der Waals surface area contributed by atoms with Crippen molar-refractivity contribution in [2.24, 2.45) is 5.73 Å². The maximum absolute atomic E-state index is 12.7. The van der Waals surface area contributed by atoms with E-state index in [-0.39, 0.29) is 11.4 Å². The van der Waals surface area contributed by atoms with E-state index in [1.165, 1.54) is 4.31 Å². The van der Waals surface area contributed by atoms with Crippen molar-refractivity contribution in [3.8, 4) is 0 Å². The average Bonchev–Trinajstić information content (AvgIpc) is 2.86. The van der Waals surface area contributed by atoms with Crippen LogP contribution in [0.5, 0.6) is 0 Å². The molecule has 0 aliphatic heterocycles. The Labute approximate surface area is 127 Å². The molecule has 6 nitrogen and oxygen atoms in total. The topological polar surface area (TPSA) is 89.2 Å². The van der Waals surface area contributed by atoms with E-state index >= 15 is 0 Å². The van der Waals surface area contributed by atoms with Gasteiger partial charge in [0.25, 0.3) is 0 Å². The van der Waals surface area contributed by atoms with E-state index in [0.29, 0.717) is 29.0 Å². The molecule has 0 atom stereocenters. The molecule has 2 aromatic rings. The number of hydrogen-bond donors (Lipinski definition) is 1. The van der Waals surface area contributed by atoms with Gasteiger partial charge in [-0.15, -0.1) is 0 Å². The summed E-state index contributed by atoms with van der Waals surface area (Å²) in [7, 11) is -3.62. The highest BCUT2D eigenvalue weighted by Gasteiger charge is 2.26. The van der Waals surface area contributed by atoms with Gasteiger partial charge in [0, 0.05) is 19.5 Å². The van der Waals surface area contributed by atoms with Crippen molar-refractivity contribution in [1.29, 1.82) is 0 Å². The molecule has 0 saturated heterocycles. The third kappa shape index (κ3) is 2.95. The first-order chi connectivity index (χ1) is 9.46. The van der Waals surface area contributed by atoms with Gasteiger partial charge in [-0.25, -0.2) is 8.42 Å². The number of nitrogens with two attached hydrogens (primary N) is 1. The lowest BCUT2D eigenvalue weighted by Gasteiger charge is -2.20. The van der Waals surface area contributed by atoms with Crippen LogP contribution < -0.4 is 5.73 Å². The molecule has 0 radical (unpaired) electrons. The van der Waals surface area contributed by atoms with Gasteiger partial charge in [0.15, 0.2) is 0 Å². The molecule has 1 heterocycles. The molecule has 0 fully saturated rings. The number of hydrogen-bond acceptors (Lipinski definition) is 6. The van der Waals surface area contributed by atoms with Crippen molar-refractivity contribution >= 4 is 50.0 Å². The van der Waals surface area contributed by atoms with Crippen molar-refractivity contribution in [1.82, 2.24) is 13.1 Å². The molecule has 2 N–H and O–H groups in total. The number of fused-ring (bicyclic) bond motifs is 1. The second-order valence-electron chi connectivity index (χ2n) is 4.10. The first-order valence-corrected chi connectivity index (χ1v) is 8.54. The zero-order valence-corrected chi connectivity index (χ0v) is 13.3. The van der Waals surface area contributed by atoms with Crippen LogP contribution in [0.4, 0.5) is 0 Å². The highest BCUT2D eigenvalue weighted by atomic mass is 32.2. The van der Waals surface area contributed by atoms with Crippen LogP contribution in [0.3, 0.4) is 0 Å². The van der Waals surface area contributed by atoms with Crippen LogP contribution in [0.1, 0.15) is 13.3 Å². The van der Waals surface area contributed by atoms with Gasteiger partial charge < -0.3 is 5.73 Å². The van der Waals surface area contributed by atoms with Crippen molar-refractivity contribution < 1.29 is 8.42 Å². The van der Waals surface area contributed by atoms with E-state index in [0.717, 1.165) is 11.7 Å². The minimum absolute atomic E-state index is 0.175. The van der Waals surface area contributed by atoms with Gasteiger partial charge in [0.1, 0.15) is 15.9 Å². The molecule has 0 amide bonds. The maximum atomic E-state index is 12.7. The van der Waals surface area contributed by atoms with E-state index in [9.17, 15) is 8.42 Å². The Kier molecular flexibility index (Phi) is 4.63. The first kappa shape index (κ1) is 15.2. The molecule has 0 saturated carbocycles. The molecule has 0 bridgehead atoms. The van der Waals surface area contributed by atoms with Crippen LogP contribution in [-0.2, 0) is 10.0 Å². The third-order valence-corrected chi connectivity index (χ3v) is 5.58. The second-order valence-corrected chi connectivity index (χ2v) is 7.06. The van der Waals surface area contributed by atoms with Gasteiger partial charge in [0.05, 0.1) is 16.7 Å². The van der Waals surface area contributed by atoms with E-state index in [1.54, 1.807) is 25.1 Å². The standard InChI is InChI=1S/C11H14N4O2S3/c1-2-15(7-6-10(12)18)20(16,17)9-5-3-4-8-11(9)14-19-13-8/h3-5H,2,6-7H2,1H3,(H2,12,18). The van der Waals surface area contributed by atoms with E-state index < -0.39 is 10.0 Å². The van der Waals surface area contributed by atoms with Gasteiger partial charge in [-0.3, -0.25) is 0 Å². The fourth-order valence-corrected chi connectivity index (χ4v) is 4.11. The van der Waals surface area contributed by atoms with Gasteiger partial charge in [-0.2, -0.15) is 13.1 Å². The van der Waals surface area contributed by atoms with Gasteiger partial charge in [-0.05, 0) is 12.1 Å². The number of aromatic nitrogens is 2. The number of thiocarbonyl (C=S) groups is 1. The lowest BCUT2D eigenvalue weighted by molar-refractivity contribution is 0.438. The quantitative estimate of drug-likeness (QED) is 0.805. The van der Waals surface area contributed by atoms with Crippen molar-refractivity contribution in [2.75, 3.05) is 13.1 Å². The highest BCUT2D eigenvalue weighted by molar-refractivity contribution is 7.89. The Morgan fingerprint density at radius 1 is 1.45 bits per heavy atom. The Balaban J connectivity index is 2.42. The maximum Gasteiger partial charge on any atom is 0.245 e. The molecule has 1 aromatic heterocycles. The molecule has 108 valence electrons. The molecule has 9 heteroatoms. The predicted molar refractivity (Wildman–Crippen MR) is 83.3 cm³/mol. The molecular formula is C11H14N4O2S3. The summed E-state index contributed by atoms with van der Waals surface area (Å²) in [6.07, 6.45) is 0.355. The average molecular weight is 330 g/mol. The SMILES string of the molecule is CCN(CCC(N)=S)S(=O)(=O)c1cccc2nsnc12. The number of sulfonamides is 1. The van der Waals surface area contributed by atoms with E-state index in [1.807, 2.05) is 0 Å². The summed E-state index contributed by atoms with van der Waals surface area (Å²) in [5.41, 5.74) is 6.43. The summed E-state index contributed by atoms with van der Waals surface area (Å²) in [5, 5.41) is 0. The molecular weight excluding hydrogens is 316 g/mol. The van der Waals surface area contributed by atoms with Crippen LogP contribution >= 0.6 is 23.9 Å². The highest BCUT2D eigenvalue weighted by Crippen LogP contribution is 2.24. The summed E-state index contributed by atoms with van der Waals surface area (Å²) in [6.45, 7) is 2.39. The monoisotopic (exact) mass is 330 g/mol. The minimum atomic E-state index is -3.62. The van der Waals surface area contributed by atoms with Crippen LogP contribution in [0.15, 0.2) is 23.1 Å². The van der Waals surface area contributed by atoms with Crippen LogP contribution in [0.2, 0.25) is 0 Å². The fourth-order valence-electron chi connectivity index (χ4n) is 1.81. The third-order valence-electron chi connectivity index (χ3n) is 2.83. The molecule has 0 aliphatic rings. The van der Waals surface area contributed by atoms with Crippen molar-refractivity contribution in [3.63, 3.8) is 0 Å². The lowest BCUT2D eigenvalue weighted by Crippen LogP contribution is -2.33. The minimum Gasteiger partial charge on any atom is -0.393 e. The van der Waals surface area contributed by atoms with Gasteiger partial charge in [0.2, 0.25) is 10.0 Å². The normalized spacial score (nSPS) is 12.1. The molecule has 0 aliphatic carbocycles. The molecule has 1 aromatic carbocycles.